The molecule has 1 aromatic heterocycles. The molecule has 2 heterocycles. The highest BCUT2D eigenvalue weighted by Crippen LogP contribution is 2.39. The molecule has 0 saturated carbocycles. The second-order valence-electron chi connectivity index (χ2n) is 8.77. The molecule has 1 atom stereocenters. The van der Waals surface area contributed by atoms with Crippen LogP contribution in [0.5, 0.6) is 11.5 Å². The van der Waals surface area contributed by atoms with Gasteiger partial charge in [0.05, 0.1) is 25.7 Å². The number of aromatic amines is 1. The van der Waals surface area contributed by atoms with E-state index in [1.54, 1.807) is 14.2 Å². The van der Waals surface area contributed by atoms with E-state index in [1.807, 2.05) is 30.3 Å². The molecule has 0 bridgehead atoms. The molecule has 6 nitrogen and oxygen atoms in total. The van der Waals surface area contributed by atoms with Gasteiger partial charge in [-0.25, -0.2) is 0 Å². The largest absolute Gasteiger partial charge is 0.497 e. The maximum absolute atomic E-state index is 13.8. The van der Waals surface area contributed by atoms with Crippen LogP contribution in [0.25, 0.3) is 10.9 Å². The molecule has 2 N–H and O–H groups in total. The summed E-state index contributed by atoms with van der Waals surface area (Å²) in [5, 5.41) is 4.60. The Balaban J connectivity index is 1.47. The predicted molar refractivity (Wildman–Crippen MR) is 123 cm³/mol. The molecule has 0 unspecified atom stereocenters. The van der Waals surface area contributed by atoms with E-state index in [9.17, 15) is 4.79 Å². The smallest absolute Gasteiger partial charge is 0.231 e. The van der Waals surface area contributed by atoms with Crippen LogP contribution in [-0.2, 0) is 21.4 Å². The number of hydrogen-bond acceptors (Lipinski definition) is 4. The Hall–Kier alpha value is -2.99. The summed E-state index contributed by atoms with van der Waals surface area (Å²) >= 11 is 0. The first-order valence-corrected chi connectivity index (χ1v) is 11.4. The van der Waals surface area contributed by atoms with Gasteiger partial charge < -0.3 is 24.5 Å². The van der Waals surface area contributed by atoms with Gasteiger partial charge in [-0.2, -0.15) is 0 Å². The Morgan fingerprint density at radius 1 is 1.06 bits per heavy atom. The van der Waals surface area contributed by atoms with Crippen LogP contribution in [0.3, 0.4) is 0 Å². The number of H-pyrrole nitrogens is 1. The number of aryl methyl sites for hydroxylation is 1. The Labute approximate surface area is 188 Å². The van der Waals surface area contributed by atoms with E-state index < -0.39 is 5.41 Å². The average molecular weight is 435 g/mol. The molecule has 1 saturated heterocycles. The number of ether oxygens (including phenoxy) is 3. The number of carbonyl (C=O) groups excluding carboxylic acids is 1. The zero-order valence-electron chi connectivity index (χ0n) is 18.7. The fraction of sp³-hybridized carbons (Fsp3) is 0.423. The van der Waals surface area contributed by atoms with E-state index in [2.05, 4.69) is 22.4 Å². The first kappa shape index (κ1) is 20.9. The van der Waals surface area contributed by atoms with Crippen molar-refractivity contribution in [3.05, 3.63) is 59.3 Å². The van der Waals surface area contributed by atoms with Crippen molar-refractivity contribution in [1.29, 1.82) is 0 Å². The lowest BCUT2D eigenvalue weighted by Gasteiger charge is -2.38. The van der Waals surface area contributed by atoms with Gasteiger partial charge in [0.2, 0.25) is 5.91 Å². The van der Waals surface area contributed by atoms with Crippen molar-refractivity contribution in [2.45, 2.75) is 43.6 Å². The van der Waals surface area contributed by atoms with Crippen LogP contribution < -0.4 is 14.8 Å². The lowest BCUT2D eigenvalue weighted by Crippen LogP contribution is -2.49. The van der Waals surface area contributed by atoms with Crippen LogP contribution in [0.15, 0.2) is 42.5 Å². The number of nitrogens with one attached hydrogen (secondary N) is 2. The highest BCUT2D eigenvalue weighted by molar-refractivity contribution is 5.90. The van der Waals surface area contributed by atoms with Gasteiger partial charge in [-0.3, -0.25) is 4.79 Å². The maximum atomic E-state index is 13.8. The van der Waals surface area contributed by atoms with Crippen molar-refractivity contribution in [3.63, 3.8) is 0 Å². The van der Waals surface area contributed by atoms with Crippen LogP contribution in [0.1, 0.15) is 48.5 Å². The summed E-state index contributed by atoms with van der Waals surface area (Å²) in [7, 11) is 3.35. The summed E-state index contributed by atoms with van der Waals surface area (Å²) in [5.41, 5.74) is 3.95. The molecule has 1 aliphatic heterocycles. The SMILES string of the molecule is COc1ccc(C2(C(=O)N[C@@H]3CCCc4c3[nH]c3ccc(OC)cc43)CCOCC2)cc1. The summed E-state index contributed by atoms with van der Waals surface area (Å²) in [6, 6.07) is 14.0. The normalized spacial score (nSPS) is 19.9. The number of amides is 1. The van der Waals surface area contributed by atoms with E-state index in [0.717, 1.165) is 47.5 Å². The zero-order valence-corrected chi connectivity index (χ0v) is 18.7. The lowest BCUT2D eigenvalue weighted by molar-refractivity contribution is -0.131. The minimum Gasteiger partial charge on any atom is -0.497 e. The Kier molecular flexibility index (Phi) is 5.55. The molecule has 2 aromatic carbocycles. The van der Waals surface area contributed by atoms with E-state index in [4.69, 9.17) is 14.2 Å². The molecular weight excluding hydrogens is 404 g/mol. The van der Waals surface area contributed by atoms with E-state index in [-0.39, 0.29) is 11.9 Å². The summed E-state index contributed by atoms with van der Waals surface area (Å²) < 4.78 is 16.4. The van der Waals surface area contributed by atoms with Gasteiger partial charge in [-0.05, 0) is 73.6 Å². The highest BCUT2D eigenvalue weighted by atomic mass is 16.5. The molecule has 2 aliphatic rings. The number of carbonyl (C=O) groups is 1. The average Bonchev–Trinajstić information content (AvgIpc) is 3.23. The van der Waals surface area contributed by atoms with Gasteiger partial charge in [-0.1, -0.05) is 12.1 Å². The quantitative estimate of drug-likeness (QED) is 0.623. The monoisotopic (exact) mass is 434 g/mol. The molecule has 1 amide bonds. The molecule has 6 heteroatoms. The Morgan fingerprint density at radius 2 is 1.78 bits per heavy atom. The van der Waals surface area contributed by atoms with Gasteiger partial charge in [0.15, 0.2) is 0 Å². The first-order valence-electron chi connectivity index (χ1n) is 11.4. The fourth-order valence-corrected chi connectivity index (χ4v) is 5.29. The van der Waals surface area contributed by atoms with E-state index >= 15 is 0 Å². The Morgan fingerprint density at radius 3 is 2.50 bits per heavy atom. The van der Waals surface area contributed by atoms with Crippen molar-refractivity contribution in [1.82, 2.24) is 10.3 Å². The number of methoxy groups -OCH3 is 2. The first-order chi connectivity index (χ1) is 15.6. The van der Waals surface area contributed by atoms with Crippen LogP contribution in [0.2, 0.25) is 0 Å². The molecule has 5 rings (SSSR count). The Bertz CT molecular complexity index is 1110. The third-order valence-electron chi connectivity index (χ3n) is 7.14. The number of aromatic nitrogens is 1. The highest BCUT2D eigenvalue weighted by Gasteiger charge is 2.43. The minimum absolute atomic E-state index is 0.0254. The van der Waals surface area contributed by atoms with Crippen LogP contribution in [0.4, 0.5) is 0 Å². The van der Waals surface area contributed by atoms with Crippen molar-refractivity contribution in [3.8, 4) is 11.5 Å². The number of fused-ring (bicyclic) bond motifs is 3. The van der Waals surface area contributed by atoms with Crippen LogP contribution in [-0.4, -0.2) is 38.3 Å². The van der Waals surface area contributed by atoms with Crippen LogP contribution in [0, 0.1) is 0 Å². The van der Waals surface area contributed by atoms with Crippen LogP contribution >= 0.6 is 0 Å². The molecule has 0 spiro atoms. The second kappa shape index (κ2) is 8.51. The van der Waals surface area contributed by atoms with E-state index in [0.29, 0.717) is 26.1 Å². The molecule has 0 radical (unpaired) electrons. The van der Waals surface area contributed by atoms with Gasteiger partial charge in [0.1, 0.15) is 11.5 Å². The van der Waals surface area contributed by atoms with Gasteiger partial charge in [0, 0.05) is 29.8 Å². The van der Waals surface area contributed by atoms with Crippen molar-refractivity contribution < 1.29 is 19.0 Å². The summed E-state index contributed by atoms with van der Waals surface area (Å²) in [4.78, 5) is 17.4. The minimum atomic E-state index is -0.586. The maximum Gasteiger partial charge on any atom is 0.231 e. The number of hydrogen-bond donors (Lipinski definition) is 2. The number of benzene rings is 2. The van der Waals surface area contributed by atoms with Gasteiger partial charge >= 0.3 is 0 Å². The third-order valence-corrected chi connectivity index (χ3v) is 7.14. The number of rotatable bonds is 5. The van der Waals surface area contributed by atoms with Crippen molar-refractivity contribution in [2.75, 3.05) is 27.4 Å². The summed E-state index contributed by atoms with van der Waals surface area (Å²) in [6.07, 6.45) is 4.33. The van der Waals surface area contributed by atoms with Gasteiger partial charge in [0.25, 0.3) is 0 Å². The topological polar surface area (TPSA) is 72.6 Å². The fourth-order valence-electron chi connectivity index (χ4n) is 5.29. The molecule has 3 aromatic rings. The lowest BCUT2D eigenvalue weighted by atomic mass is 9.73. The molecule has 1 fully saturated rings. The molecular formula is C26H30N2O4. The van der Waals surface area contributed by atoms with Gasteiger partial charge in [-0.15, -0.1) is 0 Å². The second-order valence-corrected chi connectivity index (χ2v) is 8.77. The third kappa shape index (κ3) is 3.52. The molecule has 32 heavy (non-hydrogen) atoms. The molecule has 1 aliphatic carbocycles. The predicted octanol–water partition coefficient (Wildman–Crippen LogP) is 4.43. The summed E-state index contributed by atoms with van der Waals surface area (Å²) in [5.74, 6) is 1.73. The zero-order chi connectivity index (χ0) is 22.1. The summed E-state index contributed by atoms with van der Waals surface area (Å²) in [6.45, 7) is 1.17. The van der Waals surface area contributed by atoms with E-state index in [1.165, 1.54) is 10.9 Å². The standard InChI is InChI=1S/C26H30N2O4/c1-30-18-8-6-17(7-9-18)26(12-14-32-15-13-26)25(29)28-23-5-3-4-20-21-16-19(31-2)10-11-22(21)27-24(20)23/h6-11,16,23,27H,3-5,12-15H2,1-2H3,(H,28,29)/t23-/m1/s1. The van der Waals surface area contributed by atoms with Crippen molar-refractivity contribution >= 4 is 16.8 Å². The van der Waals surface area contributed by atoms with Crippen molar-refractivity contribution in [2.24, 2.45) is 0 Å². The molecule has 168 valence electrons.